The Balaban J connectivity index is 2.85. The lowest BCUT2D eigenvalue weighted by molar-refractivity contribution is 0.0635. The van der Waals surface area contributed by atoms with E-state index in [1.165, 1.54) is 6.07 Å². The molecular weight excluding hydrogens is 258 g/mol. The van der Waals surface area contributed by atoms with Crippen LogP contribution in [-0.4, -0.2) is 16.7 Å². The Bertz CT molecular complexity index is 457. The van der Waals surface area contributed by atoms with Gasteiger partial charge in [0.1, 0.15) is 23.1 Å². The first-order chi connectivity index (χ1) is 8.31. The molecule has 0 atom stereocenters. The molecule has 1 aromatic rings. The van der Waals surface area contributed by atoms with Gasteiger partial charge in [0.25, 0.3) is 0 Å². The average Bonchev–Trinajstić information content (AvgIpc) is 2.19. The smallest absolute Gasteiger partial charge is 0.413 e. The highest BCUT2D eigenvalue weighted by atomic mass is 35.5. The predicted octanol–water partition coefficient (Wildman–Crippen LogP) is 3.35. The summed E-state index contributed by atoms with van der Waals surface area (Å²) < 4.78 is 5.07. The van der Waals surface area contributed by atoms with Crippen LogP contribution in [0.25, 0.3) is 0 Å². The second-order valence-corrected chi connectivity index (χ2v) is 4.94. The SMILES string of the molecule is CC(C)(C)OC(=O)Nc1nc(Cl)ccc1CN=O. The summed E-state index contributed by atoms with van der Waals surface area (Å²) in [6.45, 7) is 5.12. The van der Waals surface area contributed by atoms with Crippen LogP contribution in [0.1, 0.15) is 26.3 Å². The Hall–Kier alpha value is -1.69. The Morgan fingerprint density at radius 3 is 2.72 bits per heavy atom. The van der Waals surface area contributed by atoms with E-state index < -0.39 is 11.7 Å². The summed E-state index contributed by atoms with van der Waals surface area (Å²) in [6, 6.07) is 3.09. The van der Waals surface area contributed by atoms with E-state index in [0.29, 0.717) is 5.56 Å². The number of rotatable bonds is 3. The zero-order valence-electron chi connectivity index (χ0n) is 10.4. The fourth-order valence-corrected chi connectivity index (χ4v) is 1.32. The first-order valence-electron chi connectivity index (χ1n) is 5.26. The van der Waals surface area contributed by atoms with Gasteiger partial charge in [-0.25, -0.2) is 9.78 Å². The van der Waals surface area contributed by atoms with Crippen molar-refractivity contribution >= 4 is 23.5 Å². The van der Waals surface area contributed by atoms with Crippen LogP contribution < -0.4 is 5.32 Å². The molecule has 1 N–H and O–H groups in total. The summed E-state index contributed by atoms with van der Waals surface area (Å²) >= 11 is 5.72. The monoisotopic (exact) mass is 271 g/mol. The molecule has 0 aromatic carbocycles. The minimum absolute atomic E-state index is 0.102. The highest BCUT2D eigenvalue weighted by Gasteiger charge is 2.18. The predicted molar refractivity (Wildman–Crippen MR) is 68.6 cm³/mol. The minimum atomic E-state index is -0.663. The maximum atomic E-state index is 11.6. The first kappa shape index (κ1) is 14.4. The molecule has 0 aliphatic heterocycles. The number of nitrogens with zero attached hydrogens (tertiary/aromatic N) is 2. The molecule has 0 unspecified atom stereocenters. The lowest BCUT2D eigenvalue weighted by Crippen LogP contribution is -2.27. The first-order valence-corrected chi connectivity index (χ1v) is 5.64. The molecule has 6 nitrogen and oxygen atoms in total. The quantitative estimate of drug-likeness (QED) is 0.675. The Kier molecular flexibility index (Phi) is 4.61. The van der Waals surface area contributed by atoms with Gasteiger partial charge in [0.05, 0.1) is 0 Å². The number of hydrogen-bond acceptors (Lipinski definition) is 5. The summed E-state index contributed by atoms with van der Waals surface area (Å²) in [4.78, 5) is 25.8. The van der Waals surface area contributed by atoms with Crippen molar-refractivity contribution in [3.8, 4) is 0 Å². The standard InChI is InChI=1S/C11H14ClN3O3/c1-11(2,3)18-10(16)15-9-7(6-13-17)4-5-8(12)14-9/h4-5H,6H2,1-3H3,(H,14,15,16). The molecule has 0 saturated heterocycles. The number of nitrogens with one attached hydrogen (secondary N) is 1. The Morgan fingerprint density at radius 2 is 2.17 bits per heavy atom. The number of carbonyl (C=O) groups excluding carboxylic acids is 1. The number of amides is 1. The van der Waals surface area contributed by atoms with Crippen LogP contribution in [-0.2, 0) is 11.3 Å². The lowest BCUT2D eigenvalue weighted by atomic mass is 10.2. The van der Waals surface area contributed by atoms with Gasteiger partial charge in [0, 0.05) is 5.56 Å². The van der Waals surface area contributed by atoms with Crippen LogP contribution in [0.2, 0.25) is 5.15 Å². The van der Waals surface area contributed by atoms with Crippen molar-refractivity contribution in [2.45, 2.75) is 32.9 Å². The molecule has 18 heavy (non-hydrogen) atoms. The van der Waals surface area contributed by atoms with Crippen molar-refractivity contribution in [1.29, 1.82) is 0 Å². The van der Waals surface area contributed by atoms with Crippen LogP contribution in [0.4, 0.5) is 10.6 Å². The summed E-state index contributed by atoms with van der Waals surface area (Å²) in [7, 11) is 0. The van der Waals surface area contributed by atoms with Crippen LogP contribution in [0.3, 0.4) is 0 Å². The van der Waals surface area contributed by atoms with Crippen LogP contribution in [0, 0.1) is 4.91 Å². The van der Waals surface area contributed by atoms with Crippen LogP contribution in [0.15, 0.2) is 17.3 Å². The van der Waals surface area contributed by atoms with E-state index in [0.717, 1.165) is 0 Å². The summed E-state index contributed by atoms with van der Waals surface area (Å²) in [6.07, 6.45) is -0.663. The molecule has 1 aromatic heterocycles. The fraction of sp³-hybridized carbons (Fsp3) is 0.455. The van der Waals surface area contributed by atoms with E-state index in [2.05, 4.69) is 15.5 Å². The highest BCUT2D eigenvalue weighted by molar-refractivity contribution is 6.29. The van der Waals surface area contributed by atoms with Gasteiger partial charge in [-0.05, 0) is 26.8 Å². The maximum absolute atomic E-state index is 11.6. The number of halogens is 1. The molecule has 0 fully saturated rings. The summed E-state index contributed by atoms with van der Waals surface area (Å²) in [5, 5.41) is 5.39. The Morgan fingerprint density at radius 1 is 1.50 bits per heavy atom. The molecule has 0 radical (unpaired) electrons. The molecule has 7 heteroatoms. The number of pyridine rings is 1. The molecule has 1 rings (SSSR count). The van der Waals surface area contributed by atoms with Crippen molar-refractivity contribution < 1.29 is 9.53 Å². The van der Waals surface area contributed by atoms with E-state index in [4.69, 9.17) is 16.3 Å². The van der Waals surface area contributed by atoms with Gasteiger partial charge in [-0.3, -0.25) is 5.32 Å². The molecule has 0 aliphatic carbocycles. The second-order valence-electron chi connectivity index (χ2n) is 4.56. The number of carbonyl (C=O) groups is 1. The van der Waals surface area contributed by atoms with E-state index >= 15 is 0 Å². The molecule has 0 aliphatic rings. The van der Waals surface area contributed by atoms with Crippen molar-refractivity contribution in [2.24, 2.45) is 5.18 Å². The second kappa shape index (κ2) is 5.77. The summed E-state index contributed by atoms with van der Waals surface area (Å²) in [5.74, 6) is 0.177. The third-order valence-corrected chi connectivity index (χ3v) is 2.01. The maximum Gasteiger partial charge on any atom is 0.413 e. The van der Waals surface area contributed by atoms with E-state index in [1.54, 1.807) is 26.8 Å². The number of hydrogen-bond donors (Lipinski definition) is 1. The fourth-order valence-electron chi connectivity index (χ4n) is 1.17. The normalized spacial score (nSPS) is 10.9. The van der Waals surface area contributed by atoms with Gasteiger partial charge in [-0.2, -0.15) is 4.91 Å². The molecule has 0 bridgehead atoms. The van der Waals surface area contributed by atoms with Gasteiger partial charge in [-0.1, -0.05) is 22.8 Å². The van der Waals surface area contributed by atoms with Crippen LogP contribution >= 0.6 is 11.6 Å². The number of anilines is 1. The molecule has 1 heterocycles. The lowest BCUT2D eigenvalue weighted by Gasteiger charge is -2.19. The Labute approximate surface area is 110 Å². The van der Waals surface area contributed by atoms with E-state index in [1.807, 2.05) is 0 Å². The number of ether oxygens (including phenoxy) is 1. The highest BCUT2D eigenvalue weighted by Crippen LogP contribution is 2.18. The van der Waals surface area contributed by atoms with Gasteiger partial charge >= 0.3 is 6.09 Å². The molecule has 0 saturated carbocycles. The third kappa shape index (κ3) is 4.67. The molecular formula is C11H14ClN3O3. The van der Waals surface area contributed by atoms with E-state index in [9.17, 15) is 9.70 Å². The summed E-state index contributed by atoms with van der Waals surface area (Å²) in [5.41, 5.74) is -0.147. The number of nitroso groups, excluding NO2 is 1. The third-order valence-electron chi connectivity index (χ3n) is 1.80. The van der Waals surface area contributed by atoms with Gasteiger partial charge in [0.15, 0.2) is 0 Å². The zero-order chi connectivity index (χ0) is 13.8. The van der Waals surface area contributed by atoms with Gasteiger partial charge < -0.3 is 4.74 Å². The zero-order valence-corrected chi connectivity index (χ0v) is 11.1. The largest absolute Gasteiger partial charge is 0.444 e. The molecule has 1 amide bonds. The van der Waals surface area contributed by atoms with E-state index in [-0.39, 0.29) is 17.5 Å². The molecule has 98 valence electrons. The van der Waals surface area contributed by atoms with Crippen molar-refractivity contribution in [3.05, 3.63) is 27.8 Å². The molecule has 0 spiro atoms. The number of aromatic nitrogens is 1. The van der Waals surface area contributed by atoms with Gasteiger partial charge in [0.2, 0.25) is 0 Å². The van der Waals surface area contributed by atoms with Crippen LogP contribution in [0.5, 0.6) is 0 Å². The topological polar surface area (TPSA) is 80.7 Å². The minimum Gasteiger partial charge on any atom is -0.444 e. The van der Waals surface area contributed by atoms with Crippen molar-refractivity contribution in [2.75, 3.05) is 5.32 Å². The van der Waals surface area contributed by atoms with Gasteiger partial charge in [-0.15, -0.1) is 0 Å². The van der Waals surface area contributed by atoms with Crippen molar-refractivity contribution in [1.82, 2.24) is 4.98 Å². The van der Waals surface area contributed by atoms with Crippen molar-refractivity contribution in [3.63, 3.8) is 0 Å². The average molecular weight is 272 g/mol.